The molecule has 17 heavy (non-hydrogen) atoms. The van der Waals surface area contributed by atoms with Crippen molar-refractivity contribution in [2.75, 3.05) is 44.6 Å². The van der Waals surface area contributed by atoms with Crippen LogP contribution in [0.25, 0.3) is 0 Å². The minimum absolute atomic E-state index is 1.09. The van der Waals surface area contributed by atoms with Gasteiger partial charge in [0.15, 0.2) is 0 Å². The van der Waals surface area contributed by atoms with Gasteiger partial charge in [0, 0.05) is 57.8 Å². The van der Waals surface area contributed by atoms with Crippen molar-refractivity contribution < 1.29 is 0 Å². The van der Waals surface area contributed by atoms with E-state index in [9.17, 15) is 0 Å². The van der Waals surface area contributed by atoms with Crippen molar-refractivity contribution in [3.05, 3.63) is 18.0 Å². The predicted molar refractivity (Wildman–Crippen MR) is 73.6 cm³/mol. The van der Waals surface area contributed by atoms with Crippen LogP contribution < -0.4 is 0 Å². The summed E-state index contributed by atoms with van der Waals surface area (Å²) in [6, 6.07) is 0. The molecule has 1 aromatic rings. The number of piperazine rings is 1. The summed E-state index contributed by atoms with van der Waals surface area (Å²) in [5, 5.41) is 5.29. The van der Waals surface area contributed by atoms with Crippen LogP contribution in [0.4, 0.5) is 0 Å². The Balaban J connectivity index is 1.68. The number of aromatic nitrogens is 2. The lowest BCUT2D eigenvalue weighted by Gasteiger charge is -2.34. The Morgan fingerprint density at radius 3 is 2.35 bits per heavy atom. The molecule has 96 valence electrons. The largest absolute Gasteiger partial charge is 0.300 e. The van der Waals surface area contributed by atoms with Crippen molar-refractivity contribution in [2.45, 2.75) is 6.42 Å². The second-order valence-corrected chi connectivity index (χ2v) is 5.44. The second kappa shape index (κ2) is 6.52. The van der Waals surface area contributed by atoms with E-state index in [1.807, 2.05) is 17.9 Å². The minimum atomic E-state index is 1.09. The molecule has 0 aromatic carbocycles. The van der Waals surface area contributed by atoms with Crippen LogP contribution >= 0.6 is 15.9 Å². The van der Waals surface area contributed by atoms with E-state index in [0.717, 1.165) is 18.3 Å². The molecule has 0 N–H and O–H groups in total. The molecule has 2 heterocycles. The number of alkyl halides is 1. The van der Waals surface area contributed by atoms with Crippen molar-refractivity contribution in [3.63, 3.8) is 0 Å². The van der Waals surface area contributed by atoms with Gasteiger partial charge in [-0.3, -0.25) is 9.58 Å². The SMILES string of the molecule is Cn1cc(CCN2CCN(CCBr)CC2)cn1. The van der Waals surface area contributed by atoms with E-state index in [2.05, 4.69) is 37.0 Å². The Kier molecular flexibility index (Phi) is 5.00. The summed E-state index contributed by atoms with van der Waals surface area (Å²) in [4.78, 5) is 5.08. The van der Waals surface area contributed by atoms with Gasteiger partial charge in [-0.15, -0.1) is 0 Å². The average molecular weight is 301 g/mol. The van der Waals surface area contributed by atoms with Crippen LogP contribution in [0.3, 0.4) is 0 Å². The van der Waals surface area contributed by atoms with Crippen molar-refractivity contribution in [3.8, 4) is 0 Å². The van der Waals surface area contributed by atoms with E-state index >= 15 is 0 Å². The average Bonchev–Trinajstić information content (AvgIpc) is 2.75. The highest BCUT2D eigenvalue weighted by Gasteiger charge is 2.15. The third kappa shape index (κ3) is 4.08. The summed E-state index contributed by atoms with van der Waals surface area (Å²) in [6.45, 7) is 7.15. The third-order valence-corrected chi connectivity index (χ3v) is 3.70. The number of aryl methyl sites for hydroxylation is 1. The molecule has 1 aliphatic rings. The van der Waals surface area contributed by atoms with Crippen LogP contribution in [0, 0.1) is 0 Å². The summed E-state index contributed by atoms with van der Waals surface area (Å²) in [6.07, 6.45) is 5.20. The van der Waals surface area contributed by atoms with Crippen LogP contribution in [-0.4, -0.2) is 64.2 Å². The second-order valence-electron chi connectivity index (χ2n) is 4.64. The molecule has 1 aliphatic heterocycles. The molecular formula is C12H21BrN4. The summed E-state index contributed by atoms with van der Waals surface area (Å²) >= 11 is 3.50. The Bertz CT molecular complexity index is 331. The van der Waals surface area contributed by atoms with Crippen LogP contribution in [-0.2, 0) is 13.5 Å². The molecule has 1 saturated heterocycles. The van der Waals surface area contributed by atoms with Crippen LogP contribution in [0.2, 0.25) is 0 Å². The number of hydrogen-bond donors (Lipinski definition) is 0. The first-order valence-electron chi connectivity index (χ1n) is 6.26. The Morgan fingerprint density at radius 1 is 1.18 bits per heavy atom. The van der Waals surface area contributed by atoms with Gasteiger partial charge in [-0.25, -0.2) is 0 Å². The fourth-order valence-corrected chi connectivity index (χ4v) is 2.75. The van der Waals surface area contributed by atoms with Gasteiger partial charge in [-0.2, -0.15) is 5.10 Å². The zero-order valence-corrected chi connectivity index (χ0v) is 12.1. The molecule has 0 radical (unpaired) electrons. The van der Waals surface area contributed by atoms with E-state index in [4.69, 9.17) is 0 Å². The standard InChI is InChI=1S/C12H21BrN4/c1-15-11-12(10-14-15)2-4-16-6-8-17(5-3-13)9-7-16/h10-11H,2-9H2,1H3. The zero-order valence-electron chi connectivity index (χ0n) is 10.5. The maximum atomic E-state index is 4.20. The third-order valence-electron chi connectivity index (χ3n) is 3.34. The molecule has 1 fully saturated rings. The highest BCUT2D eigenvalue weighted by atomic mass is 79.9. The lowest BCUT2D eigenvalue weighted by Crippen LogP contribution is -2.47. The summed E-state index contributed by atoms with van der Waals surface area (Å²) < 4.78 is 1.88. The van der Waals surface area contributed by atoms with Gasteiger partial charge in [-0.05, 0) is 12.0 Å². The smallest absolute Gasteiger partial charge is 0.0522 e. The predicted octanol–water partition coefficient (Wildman–Crippen LogP) is 0.975. The molecule has 0 amide bonds. The monoisotopic (exact) mass is 300 g/mol. The van der Waals surface area contributed by atoms with Crippen molar-refractivity contribution >= 4 is 15.9 Å². The van der Waals surface area contributed by atoms with E-state index < -0.39 is 0 Å². The Morgan fingerprint density at radius 2 is 1.82 bits per heavy atom. The molecule has 0 unspecified atom stereocenters. The summed E-state index contributed by atoms with van der Waals surface area (Å²) in [5.74, 6) is 0. The molecular weight excluding hydrogens is 280 g/mol. The first-order valence-corrected chi connectivity index (χ1v) is 7.38. The van der Waals surface area contributed by atoms with E-state index in [1.165, 1.54) is 38.3 Å². The molecule has 0 spiro atoms. The molecule has 0 aliphatic carbocycles. The molecule has 4 nitrogen and oxygen atoms in total. The Hall–Kier alpha value is -0.390. The maximum Gasteiger partial charge on any atom is 0.0522 e. The van der Waals surface area contributed by atoms with Gasteiger partial charge >= 0.3 is 0 Å². The zero-order chi connectivity index (χ0) is 12.1. The van der Waals surface area contributed by atoms with Gasteiger partial charge in [-0.1, -0.05) is 15.9 Å². The van der Waals surface area contributed by atoms with Crippen LogP contribution in [0.1, 0.15) is 5.56 Å². The first kappa shape index (κ1) is 13.1. The topological polar surface area (TPSA) is 24.3 Å². The van der Waals surface area contributed by atoms with Crippen LogP contribution in [0.5, 0.6) is 0 Å². The molecule has 1 aromatic heterocycles. The quantitative estimate of drug-likeness (QED) is 0.758. The minimum Gasteiger partial charge on any atom is -0.300 e. The van der Waals surface area contributed by atoms with E-state index in [0.29, 0.717) is 0 Å². The van der Waals surface area contributed by atoms with E-state index in [-0.39, 0.29) is 0 Å². The number of nitrogens with zero attached hydrogens (tertiary/aromatic N) is 4. The Labute approximate surface area is 112 Å². The van der Waals surface area contributed by atoms with E-state index in [1.54, 1.807) is 0 Å². The van der Waals surface area contributed by atoms with Gasteiger partial charge in [0.2, 0.25) is 0 Å². The molecule has 0 bridgehead atoms. The van der Waals surface area contributed by atoms with Crippen LogP contribution in [0.15, 0.2) is 12.4 Å². The van der Waals surface area contributed by atoms with Gasteiger partial charge < -0.3 is 4.90 Å². The number of halogens is 1. The van der Waals surface area contributed by atoms with Crippen molar-refractivity contribution in [1.29, 1.82) is 0 Å². The molecule has 2 rings (SSSR count). The number of hydrogen-bond acceptors (Lipinski definition) is 3. The van der Waals surface area contributed by atoms with Crippen molar-refractivity contribution in [1.82, 2.24) is 19.6 Å². The lowest BCUT2D eigenvalue weighted by atomic mass is 10.2. The van der Waals surface area contributed by atoms with Gasteiger partial charge in [0.1, 0.15) is 0 Å². The number of rotatable bonds is 5. The molecule has 0 saturated carbocycles. The van der Waals surface area contributed by atoms with Gasteiger partial charge in [0.05, 0.1) is 6.20 Å². The summed E-state index contributed by atoms with van der Waals surface area (Å²) in [5.41, 5.74) is 1.34. The fraction of sp³-hybridized carbons (Fsp3) is 0.750. The highest BCUT2D eigenvalue weighted by molar-refractivity contribution is 9.09. The van der Waals surface area contributed by atoms with Gasteiger partial charge in [0.25, 0.3) is 0 Å². The normalized spacial score (nSPS) is 18.7. The first-order chi connectivity index (χ1) is 8.28. The lowest BCUT2D eigenvalue weighted by molar-refractivity contribution is 0.139. The maximum absolute atomic E-state index is 4.20. The highest BCUT2D eigenvalue weighted by Crippen LogP contribution is 2.05. The summed E-state index contributed by atoms with van der Waals surface area (Å²) in [7, 11) is 1.97. The molecule has 0 atom stereocenters. The van der Waals surface area contributed by atoms with Crippen molar-refractivity contribution in [2.24, 2.45) is 7.05 Å². The molecule has 5 heteroatoms. The fourth-order valence-electron chi connectivity index (χ4n) is 2.24.